The Morgan fingerprint density at radius 2 is 1.02 bits per heavy atom. The Kier molecular flexibility index (Phi) is 21.9. The van der Waals surface area contributed by atoms with Gasteiger partial charge in [-0.1, -0.05) is 75.7 Å². The van der Waals surface area contributed by atoms with Crippen molar-refractivity contribution in [3.05, 3.63) is 141 Å². The predicted molar refractivity (Wildman–Crippen MR) is 346 cm³/mol. The summed E-state index contributed by atoms with van der Waals surface area (Å²) in [6.45, 7) is 18.0. The van der Waals surface area contributed by atoms with E-state index in [0.717, 1.165) is 45.4 Å². The van der Waals surface area contributed by atoms with E-state index in [2.05, 4.69) is 96.2 Å². The van der Waals surface area contributed by atoms with E-state index in [9.17, 15) is 44.2 Å². The number of hydrogen-bond donors (Lipinski definition) is 2. The number of carboxylic acid groups (broad SMARTS) is 1. The fraction of sp³-hybridized carbons (Fsp3) is 0.412. The third-order valence-electron chi connectivity index (χ3n) is 17.4. The number of nitrogens with zero attached hydrogens (tertiary/aromatic N) is 16. The van der Waals surface area contributed by atoms with Gasteiger partial charge in [0.2, 0.25) is 18.7 Å². The van der Waals surface area contributed by atoms with Gasteiger partial charge in [0.1, 0.15) is 47.7 Å². The number of carboxylic acids is 1. The molecule has 2 N–H and O–H groups in total. The second kappa shape index (κ2) is 29.4. The Hall–Kier alpha value is -9.33. The van der Waals surface area contributed by atoms with Gasteiger partial charge in [0.05, 0.1) is 79.5 Å². The van der Waals surface area contributed by atoms with Crippen LogP contribution in [0, 0.1) is 93.7 Å². The van der Waals surface area contributed by atoms with E-state index >= 15 is 0 Å². The van der Waals surface area contributed by atoms with Gasteiger partial charge in [0.15, 0.2) is 6.07 Å². The summed E-state index contributed by atoms with van der Waals surface area (Å²) in [5.41, 5.74) is 4.54. The van der Waals surface area contributed by atoms with Crippen LogP contribution < -0.4 is 76.9 Å². The van der Waals surface area contributed by atoms with Crippen LogP contribution in [-0.4, -0.2) is 100.0 Å². The molecule has 6 aromatic heterocycles. The van der Waals surface area contributed by atoms with Crippen molar-refractivity contribution in [2.75, 3.05) is 46.4 Å². The van der Waals surface area contributed by atoms with Crippen molar-refractivity contribution in [2.45, 2.75) is 131 Å². The number of ether oxygens (including phenoxy) is 3. The zero-order valence-corrected chi connectivity index (χ0v) is 59.7. The molecule has 0 spiro atoms. The van der Waals surface area contributed by atoms with E-state index in [1.165, 1.54) is 59.4 Å². The molecule has 6 aliphatic carbocycles. The van der Waals surface area contributed by atoms with Crippen LogP contribution in [0.1, 0.15) is 162 Å². The molecule has 26 nitrogen and oxygen atoms in total. The number of carbonyl (C=O) groups is 4. The molecule has 0 saturated heterocycles. The average molecular weight is 1380 g/mol. The van der Waals surface area contributed by atoms with Crippen LogP contribution in [-0.2, 0) is 34.9 Å². The normalized spacial score (nSPS) is 18.1. The third kappa shape index (κ3) is 15.3. The third-order valence-corrected chi connectivity index (χ3v) is 17.5. The monoisotopic (exact) mass is 1380 g/mol. The van der Waals surface area contributed by atoms with Gasteiger partial charge in [0.25, 0.3) is 0 Å². The zero-order chi connectivity index (χ0) is 70.1. The second-order valence-corrected chi connectivity index (χ2v) is 27.3. The number of fused-ring (bicyclic) bond motifs is 2. The van der Waals surface area contributed by atoms with Crippen molar-refractivity contribution in [2.24, 2.45) is 22.7 Å². The standard InChI is InChI=1S/C34H34FN9O4.C32H31ClFN9O2.C2H4O2.K/c1-19-25(6-7-28(35)40-19)31(27-16-43(42-41-27)34-10-21(11-34)12-34)44(32(46)48-18-47-20(2)45)24-8-22(13-36)29-26(9-24)30(23(14-37)15-38-29)39-17-33(3,4)5;1-18-23(5-6-26(34)39-18)29(25-15-42(41-40-25)32-9-19(10-32)11-32)43(30(44)45-17-33)22-7-20(12-35)27-24(8-22)28(21(13-36)14-37-27)38-16-31(2,3)4;1-2(3)4;/h6-9,15-16,21,31H,10-12,17-18H2,1-5H3,(H,38,39);5-8,14-15,19,29H,9-11,16-17H2,1-4H3,(H,37,38);1H3,(H,3,4);/q;;;+1/p-1/t21?,31-,34?;19?,29-,32?;;/m00../s1. The van der Waals surface area contributed by atoms with Crippen LogP contribution in [0.2, 0.25) is 0 Å². The molecule has 6 saturated carbocycles. The maximum absolute atomic E-state index is 14.3. The fourth-order valence-corrected chi connectivity index (χ4v) is 12.7. The number of rotatable bonds is 17. The number of hydrogen-bond acceptors (Lipinski definition) is 22. The maximum atomic E-state index is 14.3. The van der Waals surface area contributed by atoms with Crippen molar-refractivity contribution in [3.63, 3.8) is 0 Å². The molecule has 6 fully saturated rings. The zero-order valence-electron chi connectivity index (χ0n) is 55.9. The topological polar surface area (TPSA) is 358 Å². The van der Waals surface area contributed by atoms with Gasteiger partial charge >= 0.3 is 69.5 Å². The summed E-state index contributed by atoms with van der Waals surface area (Å²) in [6.07, 6.45) is 10.6. The molecular weight excluding hydrogens is 1310 g/mol. The molecule has 6 heterocycles. The summed E-state index contributed by atoms with van der Waals surface area (Å²) < 4.78 is 48.0. The SMILES string of the molecule is CC(=O)OCOC(=O)N(c1cc(C#N)c2ncc(C#N)c(NCC(C)(C)C)c2c1)[C@H](c1cn(C23CC(C2)C3)nn1)c1ccc(F)nc1C.CC(=O)[O-].Cc1nc(F)ccc1[C@@H](c1cn(C23CC(C2)C3)nn1)N(C(=O)OCCl)c1cc(C#N)c2ncc(C#N)c(NCC(C)(C)C)c2c1.[K+]. The van der Waals surface area contributed by atoms with Crippen LogP contribution in [0.4, 0.5) is 41.1 Å². The molecule has 14 rings (SSSR count). The average Bonchev–Trinajstić information content (AvgIpc) is 1.21. The van der Waals surface area contributed by atoms with E-state index in [4.69, 9.17) is 35.7 Å². The smallest absolute Gasteiger partial charge is 0.550 e. The van der Waals surface area contributed by atoms with Crippen LogP contribution in [0.25, 0.3) is 21.8 Å². The summed E-state index contributed by atoms with van der Waals surface area (Å²) in [5, 5.41) is 74.8. The van der Waals surface area contributed by atoms with Gasteiger partial charge < -0.3 is 34.7 Å². The van der Waals surface area contributed by atoms with Gasteiger partial charge in [-0.05, 0) is 118 Å². The van der Waals surface area contributed by atoms with Gasteiger partial charge in [-0.15, -0.1) is 10.2 Å². The Bertz CT molecular complexity index is 4580. The van der Waals surface area contributed by atoms with Gasteiger partial charge in [0, 0.05) is 71.7 Å². The van der Waals surface area contributed by atoms with Crippen LogP contribution in [0.5, 0.6) is 0 Å². The minimum absolute atomic E-state index is 0. The molecule has 6 aliphatic rings. The maximum Gasteiger partial charge on any atom is 1.00 e. The van der Waals surface area contributed by atoms with Crippen LogP contribution >= 0.6 is 11.6 Å². The van der Waals surface area contributed by atoms with Crippen molar-refractivity contribution in [1.82, 2.24) is 49.9 Å². The van der Waals surface area contributed by atoms with Crippen molar-refractivity contribution in [1.29, 1.82) is 21.0 Å². The number of alkyl halides is 1. The number of carbonyl (C=O) groups excluding carboxylic acids is 4. The van der Waals surface area contributed by atoms with Gasteiger partial charge in [-0.3, -0.25) is 24.6 Å². The number of anilines is 4. The van der Waals surface area contributed by atoms with E-state index in [-0.39, 0.29) is 113 Å². The first-order valence-corrected chi connectivity index (χ1v) is 31.5. The molecule has 4 bridgehead atoms. The first-order chi connectivity index (χ1) is 46.0. The molecule has 500 valence electrons. The van der Waals surface area contributed by atoms with E-state index in [0.29, 0.717) is 86.3 Å². The Morgan fingerprint density at radius 1 is 0.643 bits per heavy atom. The molecule has 30 heteroatoms. The summed E-state index contributed by atoms with van der Waals surface area (Å²) in [7, 11) is 0. The number of nitriles is 4. The number of esters is 1. The number of aryl methyl sites for hydroxylation is 2. The summed E-state index contributed by atoms with van der Waals surface area (Å²) >= 11 is 5.90. The number of benzene rings is 2. The predicted octanol–water partition coefficient (Wildman–Crippen LogP) is 7.70. The van der Waals surface area contributed by atoms with Crippen molar-refractivity contribution in [3.8, 4) is 24.3 Å². The molecule has 98 heavy (non-hydrogen) atoms. The van der Waals surface area contributed by atoms with Gasteiger partial charge in [-0.25, -0.2) is 28.9 Å². The first kappa shape index (κ1) is 72.9. The van der Waals surface area contributed by atoms with E-state index in [1.807, 2.05) is 36.3 Å². The summed E-state index contributed by atoms with van der Waals surface area (Å²) in [6, 6.07) is 17.9. The molecule has 2 aromatic carbocycles. The Balaban J connectivity index is 0.000000216. The molecule has 0 unspecified atom stereocenters. The second-order valence-electron chi connectivity index (χ2n) is 27.1. The number of nitrogens with one attached hydrogen (secondary N) is 2. The molecule has 0 radical (unpaired) electrons. The largest absolute Gasteiger partial charge is 1.00 e. The Labute approximate surface area is 610 Å². The number of halogens is 3. The molecule has 2 amide bonds. The number of aliphatic carboxylic acids is 1. The fourth-order valence-electron chi connectivity index (χ4n) is 12.6. The van der Waals surface area contributed by atoms with E-state index in [1.54, 1.807) is 38.2 Å². The van der Waals surface area contributed by atoms with Crippen LogP contribution in [0.15, 0.2) is 73.3 Å². The summed E-state index contributed by atoms with van der Waals surface area (Å²) in [5.74, 6) is -1.77. The minimum Gasteiger partial charge on any atom is -0.550 e. The van der Waals surface area contributed by atoms with Crippen molar-refractivity contribution >= 4 is 80.3 Å². The number of amides is 2. The molecule has 0 aliphatic heterocycles. The Morgan fingerprint density at radius 3 is 1.34 bits per heavy atom. The van der Waals surface area contributed by atoms with Gasteiger partial charge in [-0.2, -0.15) is 29.8 Å². The quantitative estimate of drug-likeness (QED) is 0.0290. The number of pyridine rings is 4. The van der Waals surface area contributed by atoms with Crippen molar-refractivity contribution < 1.29 is 98.7 Å². The van der Waals surface area contributed by atoms with E-state index < -0.39 is 61.0 Å². The molecule has 8 aromatic rings. The molecule has 2 atom stereocenters. The van der Waals surface area contributed by atoms with Crippen LogP contribution in [0.3, 0.4) is 0 Å². The first-order valence-electron chi connectivity index (χ1n) is 30.9. The number of aromatic nitrogens is 10. The minimum atomic E-state index is -1.08. The summed E-state index contributed by atoms with van der Waals surface area (Å²) in [4.78, 5) is 67.9. The molecular formula is C68H68ClF2KN18O8.